The molecular weight excluding hydrogens is 409 g/mol. The molecule has 2 saturated carbocycles. The Morgan fingerprint density at radius 3 is 1.84 bits per heavy atom. The summed E-state index contributed by atoms with van der Waals surface area (Å²) >= 11 is 0. The molecule has 0 aliphatic heterocycles. The fourth-order valence-corrected chi connectivity index (χ4v) is 5.45. The lowest BCUT2D eigenvalue weighted by atomic mass is 9.77. The van der Waals surface area contributed by atoms with Crippen molar-refractivity contribution in [3.8, 4) is 0 Å². The minimum absolute atomic E-state index is 0.0703. The number of hydrogen-bond donors (Lipinski definition) is 0. The first-order chi connectivity index (χ1) is 15.4. The molecule has 180 valence electrons. The van der Waals surface area contributed by atoms with Gasteiger partial charge in [-0.05, 0) is 86.7 Å². The van der Waals surface area contributed by atoms with Crippen LogP contribution in [0.2, 0.25) is 0 Å². The first-order valence-corrected chi connectivity index (χ1v) is 12.9. The Morgan fingerprint density at radius 2 is 1.31 bits per heavy atom. The molecule has 1 aromatic carbocycles. The van der Waals surface area contributed by atoms with Crippen LogP contribution in [0.25, 0.3) is 0 Å². The summed E-state index contributed by atoms with van der Waals surface area (Å²) in [5, 5.41) is 0. The van der Waals surface area contributed by atoms with Crippen LogP contribution in [-0.4, -0.2) is 18.9 Å². The van der Waals surface area contributed by atoms with Crippen LogP contribution in [0.15, 0.2) is 36.4 Å². The van der Waals surface area contributed by atoms with Gasteiger partial charge in [-0.1, -0.05) is 62.9 Å². The molecule has 3 rings (SSSR count). The predicted molar refractivity (Wildman–Crippen MR) is 126 cm³/mol. The summed E-state index contributed by atoms with van der Waals surface area (Å²) in [6, 6.07) is 9.13. The van der Waals surface area contributed by atoms with Gasteiger partial charge >= 0.3 is 6.18 Å². The van der Waals surface area contributed by atoms with Gasteiger partial charge in [-0.25, -0.2) is 0 Å². The minimum Gasteiger partial charge on any atom is -0.378 e. The second-order valence-corrected chi connectivity index (χ2v) is 9.94. The number of hydrogen-bond acceptors (Lipinski definition) is 1. The fourth-order valence-electron chi connectivity index (χ4n) is 5.45. The summed E-state index contributed by atoms with van der Waals surface area (Å²) in [7, 11) is 0. The Morgan fingerprint density at radius 1 is 0.781 bits per heavy atom. The summed E-state index contributed by atoms with van der Waals surface area (Å²) < 4.78 is 43.3. The van der Waals surface area contributed by atoms with E-state index in [0.29, 0.717) is 24.0 Å². The number of ether oxygens (including phenoxy) is 1. The molecule has 0 unspecified atom stereocenters. The van der Waals surface area contributed by atoms with Crippen LogP contribution in [0.5, 0.6) is 0 Å². The lowest BCUT2D eigenvalue weighted by molar-refractivity contribution is -0.0803. The van der Waals surface area contributed by atoms with Crippen molar-refractivity contribution in [2.45, 2.75) is 115 Å². The van der Waals surface area contributed by atoms with Gasteiger partial charge in [-0.15, -0.1) is 0 Å². The van der Waals surface area contributed by atoms with Crippen molar-refractivity contribution >= 4 is 0 Å². The molecule has 0 atom stereocenters. The van der Waals surface area contributed by atoms with Gasteiger partial charge < -0.3 is 4.74 Å². The molecule has 2 aliphatic rings. The van der Waals surface area contributed by atoms with E-state index < -0.39 is 6.18 Å². The highest BCUT2D eigenvalue weighted by Gasteiger charge is 2.26. The normalized spacial score (nSPS) is 27.1. The highest BCUT2D eigenvalue weighted by molar-refractivity contribution is 5.28. The Balaban J connectivity index is 1.37. The van der Waals surface area contributed by atoms with Gasteiger partial charge in [0.1, 0.15) is 0 Å². The molecule has 1 aromatic rings. The smallest absolute Gasteiger partial charge is 0.378 e. The highest BCUT2D eigenvalue weighted by atomic mass is 19.4. The Hall–Kier alpha value is -1.29. The second-order valence-electron chi connectivity index (χ2n) is 9.94. The molecule has 0 bridgehead atoms. The van der Waals surface area contributed by atoms with E-state index in [-0.39, 0.29) is 5.92 Å². The van der Waals surface area contributed by atoms with E-state index >= 15 is 0 Å². The Labute approximate surface area is 192 Å². The van der Waals surface area contributed by atoms with Crippen molar-refractivity contribution in [2.24, 2.45) is 5.92 Å². The van der Waals surface area contributed by atoms with E-state index in [2.05, 4.69) is 31.2 Å². The molecule has 0 spiro atoms. The molecular formula is C28H41F3O. The van der Waals surface area contributed by atoms with E-state index in [1.807, 2.05) is 0 Å². The number of unbranched alkanes of at least 4 members (excludes halogenated alkanes) is 4. The van der Waals surface area contributed by atoms with Crippen LogP contribution in [0, 0.1) is 5.92 Å². The average Bonchev–Trinajstić information content (AvgIpc) is 2.80. The van der Waals surface area contributed by atoms with E-state index in [1.165, 1.54) is 62.1 Å². The third-order valence-electron chi connectivity index (χ3n) is 7.48. The average molecular weight is 451 g/mol. The molecule has 32 heavy (non-hydrogen) atoms. The second kappa shape index (κ2) is 12.8. The van der Waals surface area contributed by atoms with Crippen molar-refractivity contribution in [3.05, 3.63) is 47.5 Å². The maximum Gasteiger partial charge on any atom is 0.409 e. The van der Waals surface area contributed by atoms with Gasteiger partial charge in [-0.2, -0.15) is 13.2 Å². The first-order valence-electron chi connectivity index (χ1n) is 12.9. The third kappa shape index (κ3) is 8.57. The van der Waals surface area contributed by atoms with Gasteiger partial charge in [-0.3, -0.25) is 0 Å². The number of benzene rings is 1. The number of halogens is 3. The quantitative estimate of drug-likeness (QED) is 0.255. The van der Waals surface area contributed by atoms with Crippen molar-refractivity contribution in [2.75, 3.05) is 6.61 Å². The van der Waals surface area contributed by atoms with Crippen LogP contribution in [0.1, 0.15) is 113 Å². The maximum absolute atomic E-state index is 12.4. The molecule has 1 nitrogen and oxygen atoms in total. The highest BCUT2D eigenvalue weighted by Crippen LogP contribution is 2.39. The summed E-state index contributed by atoms with van der Waals surface area (Å²) in [4.78, 5) is 0. The number of allylic oxidation sites excluding steroid dienone is 2. The molecule has 0 amide bonds. The van der Waals surface area contributed by atoms with Gasteiger partial charge in [0.25, 0.3) is 0 Å². The fraction of sp³-hybridized carbons (Fsp3) is 0.714. The van der Waals surface area contributed by atoms with Crippen LogP contribution in [0.3, 0.4) is 0 Å². The van der Waals surface area contributed by atoms with Crippen LogP contribution >= 0.6 is 0 Å². The van der Waals surface area contributed by atoms with E-state index in [0.717, 1.165) is 45.1 Å². The molecule has 2 aliphatic carbocycles. The maximum atomic E-state index is 12.4. The third-order valence-corrected chi connectivity index (χ3v) is 7.48. The van der Waals surface area contributed by atoms with E-state index in [9.17, 15) is 13.2 Å². The van der Waals surface area contributed by atoms with E-state index in [4.69, 9.17) is 4.74 Å². The molecule has 0 saturated heterocycles. The predicted octanol–water partition coefficient (Wildman–Crippen LogP) is 9.09. The summed E-state index contributed by atoms with van der Waals surface area (Å²) in [6.45, 7) is 3.17. The number of alkyl halides is 3. The summed E-state index contributed by atoms with van der Waals surface area (Å²) in [5.41, 5.74) is 2.79. The van der Waals surface area contributed by atoms with Crippen molar-refractivity contribution in [1.29, 1.82) is 0 Å². The summed E-state index contributed by atoms with van der Waals surface area (Å²) in [6.07, 6.45) is 12.9. The van der Waals surface area contributed by atoms with E-state index in [1.54, 1.807) is 0 Å². The molecule has 0 aromatic heterocycles. The molecule has 0 N–H and O–H groups in total. The molecule has 2 fully saturated rings. The van der Waals surface area contributed by atoms with Gasteiger partial charge in [0.05, 0.1) is 6.10 Å². The SMILES string of the molecule is CCCCCCCO[C@H]1CC[C@H](c2ccc([C@H]3CC[C@H](C=CC(F)(F)F)CC3)cc2)CC1. The van der Waals surface area contributed by atoms with Crippen LogP contribution < -0.4 is 0 Å². The van der Waals surface area contributed by atoms with Crippen LogP contribution in [-0.2, 0) is 4.74 Å². The zero-order valence-electron chi connectivity index (χ0n) is 19.7. The van der Waals surface area contributed by atoms with Crippen LogP contribution in [0.4, 0.5) is 13.2 Å². The zero-order valence-corrected chi connectivity index (χ0v) is 19.7. The lowest BCUT2D eigenvalue weighted by Gasteiger charge is -2.30. The topological polar surface area (TPSA) is 9.23 Å². The monoisotopic (exact) mass is 450 g/mol. The van der Waals surface area contributed by atoms with Gasteiger partial charge in [0, 0.05) is 12.7 Å². The molecule has 4 heteroatoms. The standard InChI is InChI=1S/C28H41F3O/c1-2-3-4-5-6-21-32-27-17-15-26(16-18-27)25-13-11-24(12-14-25)23-9-7-22(8-10-23)19-20-28(29,30)31/h11-14,19-20,22-23,26-27H,2-10,15-18,21H2,1H3/t22-,23-,26-,27-. The lowest BCUT2D eigenvalue weighted by Crippen LogP contribution is -2.21. The van der Waals surface area contributed by atoms with Crippen molar-refractivity contribution in [3.63, 3.8) is 0 Å². The molecule has 0 heterocycles. The zero-order chi connectivity index (χ0) is 22.8. The molecule has 0 radical (unpaired) electrons. The minimum atomic E-state index is -4.19. The largest absolute Gasteiger partial charge is 0.409 e. The first kappa shape index (κ1) is 25.3. The van der Waals surface area contributed by atoms with Gasteiger partial charge in [0.2, 0.25) is 0 Å². The van der Waals surface area contributed by atoms with Crippen molar-refractivity contribution in [1.82, 2.24) is 0 Å². The van der Waals surface area contributed by atoms with Gasteiger partial charge in [0.15, 0.2) is 0 Å². The van der Waals surface area contributed by atoms with Crippen molar-refractivity contribution < 1.29 is 17.9 Å². The number of rotatable bonds is 10. The summed E-state index contributed by atoms with van der Waals surface area (Å²) in [5.74, 6) is 1.19. The Kier molecular flexibility index (Phi) is 10.1. The Bertz CT molecular complexity index is 663.